The van der Waals surface area contributed by atoms with Gasteiger partial charge in [0.05, 0.1) is 0 Å². The lowest BCUT2D eigenvalue weighted by atomic mass is 10.1. The molecule has 0 aliphatic heterocycles. The van der Waals surface area contributed by atoms with E-state index < -0.39 is 17.6 Å². The first-order valence-corrected chi connectivity index (χ1v) is 6.69. The SMILES string of the molecule is C[C@@H](NC(=O)CCc1cccnc1)C(=O)OC(C)(C)C. The van der Waals surface area contributed by atoms with Crippen LogP contribution < -0.4 is 5.32 Å². The van der Waals surface area contributed by atoms with Gasteiger partial charge in [-0.1, -0.05) is 6.07 Å². The topological polar surface area (TPSA) is 68.3 Å². The number of rotatable bonds is 5. The van der Waals surface area contributed by atoms with Gasteiger partial charge in [0, 0.05) is 18.8 Å². The van der Waals surface area contributed by atoms with Crippen molar-refractivity contribution in [2.24, 2.45) is 0 Å². The predicted molar refractivity (Wildman–Crippen MR) is 76.0 cm³/mol. The van der Waals surface area contributed by atoms with Gasteiger partial charge in [-0.3, -0.25) is 9.78 Å². The van der Waals surface area contributed by atoms with E-state index in [0.717, 1.165) is 5.56 Å². The standard InChI is InChI=1S/C15H22N2O3/c1-11(14(19)20-15(2,3)4)17-13(18)8-7-12-6-5-9-16-10-12/h5-6,9-11H,7-8H2,1-4H3,(H,17,18)/t11-/m1/s1. The molecule has 0 saturated heterocycles. The van der Waals surface area contributed by atoms with E-state index in [1.165, 1.54) is 0 Å². The van der Waals surface area contributed by atoms with Crippen molar-refractivity contribution in [2.45, 2.75) is 52.2 Å². The molecule has 0 saturated carbocycles. The van der Waals surface area contributed by atoms with Gasteiger partial charge in [0.1, 0.15) is 11.6 Å². The second-order valence-corrected chi connectivity index (χ2v) is 5.68. The van der Waals surface area contributed by atoms with Crippen molar-refractivity contribution in [1.82, 2.24) is 10.3 Å². The van der Waals surface area contributed by atoms with Crippen molar-refractivity contribution >= 4 is 11.9 Å². The zero-order chi connectivity index (χ0) is 15.2. The number of hydrogen-bond acceptors (Lipinski definition) is 4. The third-order valence-electron chi connectivity index (χ3n) is 2.50. The number of aryl methyl sites for hydroxylation is 1. The molecule has 0 radical (unpaired) electrons. The van der Waals surface area contributed by atoms with Gasteiger partial charge < -0.3 is 10.1 Å². The second-order valence-electron chi connectivity index (χ2n) is 5.68. The highest BCUT2D eigenvalue weighted by atomic mass is 16.6. The minimum Gasteiger partial charge on any atom is -0.458 e. The van der Waals surface area contributed by atoms with Crippen molar-refractivity contribution in [1.29, 1.82) is 0 Å². The number of carbonyl (C=O) groups excluding carboxylic acids is 2. The third kappa shape index (κ3) is 6.31. The number of pyridine rings is 1. The predicted octanol–water partition coefficient (Wildman–Crippen LogP) is 1.86. The number of hydrogen-bond donors (Lipinski definition) is 1. The first-order chi connectivity index (χ1) is 9.28. The molecule has 1 rings (SSSR count). The van der Waals surface area contributed by atoms with Crippen molar-refractivity contribution in [3.8, 4) is 0 Å². The Morgan fingerprint density at radius 1 is 1.40 bits per heavy atom. The second kappa shape index (κ2) is 7.03. The Balaban J connectivity index is 2.36. The van der Waals surface area contributed by atoms with E-state index in [4.69, 9.17) is 4.74 Å². The Kier molecular flexibility index (Phi) is 5.67. The van der Waals surface area contributed by atoms with Gasteiger partial charge in [-0.15, -0.1) is 0 Å². The number of ether oxygens (including phenoxy) is 1. The van der Waals surface area contributed by atoms with Crippen LogP contribution in [0.25, 0.3) is 0 Å². The minimum absolute atomic E-state index is 0.174. The fourth-order valence-corrected chi connectivity index (χ4v) is 1.57. The average molecular weight is 278 g/mol. The number of aromatic nitrogens is 1. The van der Waals surface area contributed by atoms with Crippen LogP contribution in [0.15, 0.2) is 24.5 Å². The van der Waals surface area contributed by atoms with Crippen molar-refractivity contribution in [3.63, 3.8) is 0 Å². The van der Waals surface area contributed by atoms with E-state index in [9.17, 15) is 9.59 Å². The molecule has 0 aliphatic rings. The van der Waals surface area contributed by atoms with Crippen LogP contribution in [-0.4, -0.2) is 28.5 Å². The zero-order valence-electron chi connectivity index (χ0n) is 12.5. The number of nitrogens with one attached hydrogen (secondary N) is 1. The van der Waals surface area contributed by atoms with Crippen LogP contribution in [0.5, 0.6) is 0 Å². The van der Waals surface area contributed by atoms with Crippen LogP contribution in [0.3, 0.4) is 0 Å². The fraction of sp³-hybridized carbons (Fsp3) is 0.533. The van der Waals surface area contributed by atoms with Crippen LogP contribution in [-0.2, 0) is 20.7 Å². The molecule has 0 fully saturated rings. The summed E-state index contributed by atoms with van der Waals surface area (Å²) in [5, 5.41) is 2.64. The molecule has 1 N–H and O–H groups in total. The molecule has 1 heterocycles. The largest absolute Gasteiger partial charge is 0.458 e. The van der Waals surface area contributed by atoms with Gasteiger partial charge in [0.2, 0.25) is 5.91 Å². The van der Waals surface area contributed by atoms with Gasteiger partial charge in [0.15, 0.2) is 0 Å². The minimum atomic E-state index is -0.643. The molecule has 20 heavy (non-hydrogen) atoms. The van der Waals surface area contributed by atoms with E-state index >= 15 is 0 Å². The molecule has 0 aliphatic carbocycles. The molecular formula is C15H22N2O3. The maximum atomic E-state index is 11.8. The van der Waals surface area contributed by atoms with Gasteiger partial charge >= 0.3 is 5.97 Å². The normalized spacial score (nSPS) is 12.6. The Labute approximate surface area is 119 Å². The van der Waals surface area contributed by atoms with Gasteiger partial charge in [-0.25, -0.2) is 4.79 Å². The number of amides is 1. The smallest absolute Gasteiger partial charge is 0.328 e. The lowest BCUT2D eigenvalue weighted by molar-refractivity contribution is -0.158. The number of nitrogens with zero attached hydrogens (tertiary/aromatic N) is 1. The van der Waals surface area contributed by atoms with Crippen LogP contribution in [0.4, 0.5) is 0 Å². The summed E-state index contributed by atoms with van der Waals surface area (Å²) in [6.45, 7) is 7.00. The van der Waals surface area contributed by atoms with Crippen LogP contribution in [0.2, 0.25) is 0 Å². The van der Waals surface area contributed by atoms with Crippen molar-refractivity contribution in [2.75, 3.05) is 0 Å². The highest BCUT2D eigenvalue weighted by Crippen LogP contribution is 2.08. The molecule has 1 aromatic heterocycles. The summed E-state index contributed by atoms with van der Waals surface area (Å²) in [5.74, 6) is -0.598. The van der Waals surface area contributed by atoms with Gasteiger partial charge in [-0.2, -0.15) is 0 Å². The summed E-state index contributed by atoms with van der Waals surface area (Å²) >= 11 is 0. The quantitative estimate of drug-likeness (QED) is 0.835. The van der Waals surface area contributed by atoms with E-state index in [2.05, 4.69) is 10.3 Å². The molecular weight excluding hydrogens is 256 g/mol. The molecule has 1 amide bonds. The van der Waals surface area contributed by atoms with Crippen LogP contribution in [0.1, 0.15) is 39.7 Å². The average Bonchev–Trinajstić information content (AvgIpc) is 2.35. The summed E-state index contributed by atoms with van der Waals surface area (Å²) in [7, 11) is 0. The van der Waals surface area contributed by atoms with Gasteiger partial charge in [-0.05, 0) is 45.7 Å². The third-order valence-corrected chi connectivity index (χ3v) is 2.50. The number of esters is 1. The Hall–Kier alpha value is -1.91. The van der Waals surface area contributed by atoms with Crippen molar-refractivity contribution < 1.29 is 14.3 Å². The molecule has 0 unspecified atom stereocenters. The van der Waals surface area contributed by atoms with E-state index in [1.54, 1.807) is 40.1 Å². The fourth-order valence-electron chi connectivity index (χ4n) is 1.57. The molecule has 110 valence electrons. The Morgan fingerprint density at radius 3 is 2.65 bits per heavy atom. The molecule has 0 spiro atoms. The molecule has 1 atom stereocenters. The molecule has 5 nitrogen and oxygen atoms in total. The van der Waals surface area contributed by atoms with E-state index in [1.807, 2.05) is 12.1 Å². The van der Waals surface area contributed by atoms with Crippen LogP contribution >= 0.6 is 0 Å². The highest BCUT2D eigenvalue weighted by molar-refractivity contribution is 5.84. The molecule has 0 aromatic carbocycles. The first-order valence-electron chi connectivity index (χ1n) is 6.69. The van der Waals surface area contributed by atoms with E-state index in [0.29, 0.717) is 12.8 Å². The lowest BCUT2D eigenvalue weighted by Gasteiger charge is -2.22. The van der Waals surface area contributed by atoms with Gasteiger partial charge in [0.25, 0.3) is 0 Å². The van der Waals surface area contributed by atoms with E-state index in [-0.39, 0.29) is 5.91 Å². The monoisotopic (exact) mass is 278 g/mol. The highest BCUT2D eigenvalue weighted by Gasteiger charge is 2.22. The molecule has 0 bridgehead atoms. The zero-order valence-corrected chi connectivity index (χ0v) is 12.5. The maximum absolute atomic E-state index is 11.8. The van der Waals surface area contributed by atoms with Crippen molar-refractivity contribution in [3.05, 3.63) is 30.1 Å². The molecule has 5 heteroatoms. The summed E-state index contributed by atoms with van der Waals surface area (Å²) in [5.41, 5.74) is 0.443. The maximum Gasteiger partial charge on any atom is 0.328 e. The Morgan fingerprint density at radius 2 is 2.10 bits per heavy atom. The summed E-state index contributed by atoms with van der Waals surface area (Å²) in [4.78, 5) is 27.5. The van der Waals surface area contributed by atoms with Crippen LogP contribution in [0, 0.1) is 0 Å². The Bertz CT molecular complexity index is 452. The summed E-state index contributed by atoms with van der Waals surface area (Å²) < 4.78 is 5.20. The number of carbonyl (C=O) groups is 2. The lowest BCUT2D eigenvalue weighted by Crippen LogP contribution is -2.42. The summed E-state index contributed by atoms with van der Waals surface area (Å²) in [6, 6.07) is 3.10. The summed E-state index contributed by atoms with van der Waals surface area (Å²) in [6.07, 6.45) is 4.33. The molecule has 1 aromatic rings. The first kappa shape index (κ1) is 16.1.